The van der Waals surface area contributed by atoms with Crippen molar-refractivity contribution in [3.05, 3.63) is 35.1 Å². The van der Waals surface area contributed by atoms with Gasteiger partial charge in [-0.2, -0.15) is 0 Å². The first-order chi connectivity index (χ1) is 6.68. The van der Waals surface area contributed by atoms with Gasteiger partial charge in [-0.1, -0.05) is 6.07 Å². The molecule has 3 nitrogen and oxygen atoms in total. The van der Waals surface area contributed by atoms with Gasteiger partial charge in [0.1, 0.15) is 11.9 Å². The average molecular weight is 195 g/mol. The van der Waals surface area contributed by atoms with E-state index in [2.05, 4.69) is 5.32 Å². The van der Waals surface area contributed by atoms with E-state index in [4.69, 9.17) is 5.11 Å². The molecular weight excluding hydrogens is 185 g/mol. The highest BCUT2D eigenvalue weighted by atomic mass is 19.1. The number of rotatable bonds is 1. The molecule has 0 bridgehead atoms. The molecule has 2 N–H and O–H groups in total. The molecule has 2 rings (SSSR count). The number of hydrogen-bond donors (Lipinski definition) is 2. The van der Waals surface area contributed by atoms with Crippen LogP contribution in [0.25, 0.3) is 0 Å². The van der Waals surface area contributed by atoms with Crippen molar-refractivity contribution >= 4 is 5.97 Å². The summed E-state index contributed by atoms with van der Waals surface area (Å²) in [5.41, 5.74) is 1.46. The van der Waals surface area contributed by atoms with Crippen molar-refractivity contribution in [1.29, 1.82) is 0 Å². The zero-order chi connectivity index (χ0) is 10.1. The summed E-state index contributed by atoms with van der Waals surface area (Å²) >= 11 is 0. The van der Waals surface area contributed by atoms with E-state index in [1.54, 1.807) is 6.07 Å². The van der Waals surface area contributed by atoms with Gasteiger partial charge in [-0.3, -0.25) is 4.79 Å². The second kappa shape index (κ2) is 3.38. The second-order valence-electron chi connectivity index (χ2n) is 3.32. The SMILES string of the molecule is O=C(O)[C@@H]1NCCc2ccc(F)cc21. The molecule has 0 aromatic heterocycles. The molecule has 0 spiro atoms. The molecule has 0 unspecified atom stereocenters. The number of halogens is 1. The topological polar surface area (TPSA) is 49.3 Å². The summed E-state index contributed by atoms with van der Waals surface area (Å²) in [4.78, 5) is 10.8. The van der Waals surface area contributed by atoms with Crippen LogP contribution in [0.4, 0.5) is 4.39 Å². The molecule has 1 aliphatic heterocycles. The Kier molecular flexibility index (Phi) is 2.21. The molecule has 1 aromatic rings. The van der Waals surface area contributed by atoms with Gasteiger partial charge in [0.05, 0.1) is 0 Å². The van der Waals surface area contributed by atoms with Gasteiger partial charge in [0.2, 0.25) is 0 Å². The molecule has 0 fully saturated rings. The Morgan fingerprint density at radius 3 is 3.07 bits per heavy atom. The van der Waals surface area contributed by atoms with Crippen molar-refractivity contribution in [2.45, 2.75) is 12.5 Å². The monoisotopic (exact) mass is 195 g/mol. The molecule has 1 heterocycles. The minimum absolute atomic E-state index is 0.390. The normalized spacial score (nSPS) is 20.2. The Morgan fingerprint density at radius 2 is 2.36 bits per heavy atom. The maximum atomic E-state index is 12.9. The largest absolute Gasteiger partial charge is 0.480 e. The first-order valence-corrected chi connectivity index (χ1v) is 4.43. The fraction of sp³-hybridized carbons (Fsp3) is 0.300. The van der Waals surface area contributed by atoms with Crippen molar-refractivity contribution in [2.24, 2.45) is 0 Å². The second-order valence-corrected chi connectivity index (χ2v) is 3.32. The van der Waals surface area contributed by atoms with Gasteiger partial charge in [-0.25, -0.2) is 4.39 Å². The summed E-state index contributed by atoms with van der Waals surface area (Å²) in [7, 11) is 0. The van der Waals surface area contributed by atoms with Crippen LogP contribution in [0, 0.1) is 5.82 Å². The summed E-state index contributed by atoms with van der Waals surface area (Å²) in [6, 6.07) is 3.54. The third-order valence-electron chi connectivity index (χ3n) is 2.41. The Morgan fingerprint density at radius 1 is 1.57 bits per heavy atom. The van der Waals surface area contributed by atoms with Gasteiger partial charge in [0, 0.05) is 6.54 Å². The highest BCUT2D eigenvalue weighted by Gasteiger charge is 2.25. The van der Waals surface area contributed by atoms with Crippen LogP contribution in [-0.2, 0) is 11.2 Å². The van der Waals surface area contributed by atoms with Crippen LogP contribution < -0.4 is 5.32 Å². The van der Waals surface area contributed by atoms with Crippen LogP contribution in [0.5, 0.6) is 0 Å². The Hall–Kier alpha value is -1.42. The van der Waals surface area contributed by atoms with Gasteiger partial charge < -0.3 is 10.4 Å². The molecule has 0 saturated carbocycles. The molecule has 0 amide bonds. The number of aliphatic carboxylic acids is 1. The van der Waals surface area contributed by atoms with Gasteiger partial charge in [0.15, 0.2) is 0 Å². The maximum absolute atomic E-state index is 12.9. The average Bonchev–Trinajstić information content (AvgIpc) is 2.16. The Balaban J connectivity index is 2.46. The lowest BCUT2D eigenvalue weighted by Crippen LogP contribution is -2.35. The summed E-state index contributed by atoms with van der Waals surface area (Å²) in [6.07, 6.45) is 0.749. The zero-order valence-electron chi connectivity index (χ0n) is 7.46. The smallest absolute Gasteiger partial charge is 0.325 e. The molecule has 1 aliphatic rings. The van der Waals surface area contributed by atoms with Crippen LogP contribution in [0.15, 0.2) is 18.2 Å². The number of nitrogens with one attached hydrogen (secondary N) is 1. The minimum Gasteiger partial charge on any atom is -0.480 e. The molecule has 4 heteroatoms. The first kappa shape index (κ1) is 9.15. The van der Waals surface area contributed by atoms with E-state index in [0.717, 1.165) is 12.0 Å². The van der Waals surface area contributed by atoms with Crippen LogP contribution in [0.1, 0.15) is 17.2 Å². The van der Waals surface area contributed by atoms with E-state index >= 15 is 0 Å². The lowest BCUT2D eigenvalue weighted by atomic mass is 9.94. The van der Waals surface area contributed by atoms with Crippen LogP contribution in [0.2, 0.25) is 0 Å². The Labute approximate surface area is 80.6 Å². The standard InChI is InChI=1S/C10H10FNO2/c11-7-2-1-6-3-4-12-9(10(13)14)8(6)5-7/h1-2,5,9,12H,3-4H2,(H,13,14)/t9-/m1/s1. The van der Waals surface area contributed by atoms with Crippen molar-refractivity contribution in [3.63, 3.8) is 0 Å². The number of carboxylic acids is 1. The number of fused-ring (bicyclic) bond motifs is 1. The predicted molar refractivity (Wildman–Crippen MR) is 48.5 cm³/mol. The fourth-order valence-electron chi connectivity index (χ4n) is 1.74. The van der Waals surface area contributed by atoms with Crippen LogP contribution in [-0.4, -0.2) is 17.6 Å². The van der Waals surface area contributed by atoms with E-state index < -0.39 is 17.8 Å². The highest BCUT2D eigenvalue weighted by molar-refractivity contribution is 5.76. The molecule has 0 radical (unpaired) electrons. The van der Waals surface area contributed by atoms with Gasteiger partial charge >= 0.3 is 5.97 Å². The van der Waals surface area contributed by atoms with Crippen molar-refractivity contribution in [3.8, 4) is 0 Å². The maximum Gasteiger partial charge on any atom is 0.325 e. The number of hydrogen-bond acceptors (Lipinski definition) is 2. The van der Waals surface area contributed by atoms with E-state index in [9.17, 15) is 9.18 Å². The highest BCUT2D eigenvalue weighted by Crippen LogP contribution is 2.23. The number of carbonyl (C=O) groups is 1. The molecular formula is C10H10FNO2. The van der Waals surface area contributed by atoms with E-state index in [-0.39, 0.29) is 0 Å². The van der Waals surface area contributed by atoms with E-state index in [1.165, 1.54) is 12.1 Å². The molecule has 1 atom stereocenters. The molecule has 1 aromatic carbocycles. The van der Waals surface area contributed by atoms with Crippen molar-refractivity contribution < 1.29 is 14.3 Å². The van der Waals surface area contributed by atoms with Gasteiger partial charge in [-0.05, 0) is 29.7 Å². The van der Waals surface area contributed by atoms with Gasteiger partial charge in [0.25, 0.3) is 0 Å². The minimum atomic E-state index is -0.962. The Bertz CT molecular complexity index is 378. The summed E-state index contributed by atoms with van der Waals surface area (Å²) in [6.45, 7) is 0.621. The first-order valence-electron chi connectivity index (χ1n) is 4.43. The summed E-state index contributed by atoms with van der Waals surface area (Å²) < 4.78 is 12.9. The zero-order valence-corrected chi connectivity index (χ0v) is 7.46. The molecule has 74 valence electrons. The molecule has 0 saturated heterocycles. The predicted octanol–water partition coefficient (Wildman–Crippen LogP) is 1.10. The van der Waals surface area contributed by atoms with Crippen LogP contribution >= 0.6 is 0 Å². The molecule has 14 heavy (non-hydrogen) atoms. The third kappa shape index (κ3) is 1.48. The van der Waals surface area contributed by atoms with Crippen molar-refractivity contribution in [1.82, 2.24) is 5.32 Å². The number of benzene rings is 1. The van der Waals surface area contributed by atoms with Gasteiger partial charge in [-0.15, -0.1) is 0 Å². The lowest BCUT2D eigenvalue weighted by molar-refractivity contribution is -0.139. The summed E-state index contributed by atoms with van der Waals surface area (Å²) in [5.74, 6) is -1.35. The third-order valence-corrected chi connectivity index (χ3v) is 2.41. The number of carboxylic acid groups (broad SMARTS) is 1. The van der Waals surface area contributed by atoms with E-state index in [1.807, 2.05) is 0 Å². The quantitative estimate of drug-likeness (QED) is 0.705. The van der Waals surface area contributed by atoms with Crippen molar-refractivity contribution in [2.75, 3.05) is 6.54 Å². The molecule has 0 aliphatic carbocycles. The fourth-order valence-corrected chi connectivity index (χ4v) is 1.74. The lowest BCUT2D eigenvalue weighted by Gasteiger charge is -2.23. The van der Waals surface area contributed by atoms with Crippen LogP contribution in [0.3, 0.4) is 0 Å². The van der Waals surface area contributed by atoms with E-state index in [0.29, 0.717) is 12.1 Å². The summed E-state index contributed by atoms with van der Waals surface area (Å²) in [5, 5.41) is 11.7.